The Morgan fingerprint density at radius 1 is 1.42 bits per heavy atom. The molecule has 24 heavy (non-hydrogen) atoms. The molecule has 0 saturated carbocycles. The Morgan fingerprint density at radius 3 is 2.83 bits per heavy atom. The van der Waals surface area contributed by atoms with Gasteiger partial charge in [0.2, 0.25) is 5.91 Å². The largest absolute Gasteiger partial charge is 0.352 e. The van der Waals surface area contributed by atoms with Crippen molar-refractivity contribution in [3.8, 4) is 0 Å². The number of hydrogen-bond acceptors (Lipinski definition) is 4. The maximum atomic E-state index is 12.1. The van der Waals surface area contributed by atoms with Crippen molar-refractivity contribution in [2.45, 2.75) is 25.8 Å². The van der Waals surface area contributed by atoms with E-state index in [2.05, 4.69) is 16.0 Å². The third-order valence-electron chi connectivity index (χ3n) is 3.46. The highest BCUT2D eigenvalue weighted by molar-refractivity contribution is 7.99. The lowest BCUT2D eigenvalue weighted by Crippen LogP contribution is -2.39. The molecule has 1 aliphatic rings. The zero-order valence-corrected chi connectivity index (χ0v) is 16.0. The molecule has 1 fully saturated rings. The minimum atomic E-state index is -0.196. The molecule has 1 aromatic carbocycles. The molecule has 3 N–H and O–H groups in total. The van der Waals surface area contributed by atoms with Gasteiger partial charge in [0.05, 0.1) is 10.6 Å². The lowest BCUT2D eigenvalue weighted by Gasteiger charge is -2.22. The zero-order valence-electron chi connectivity index (χ0n) is 13.6. The highest BCUT2D eigenvalue weighted by Gasteiger charge is 2.17. The molecular formula is C16H23Cl2N3O2S. The number of nitrogens with one attached hydrogen (secondary N) is 3. The molecule has 1 aliphatic heterocycles. The third-order valence-corrected chi connectivity index (χ3v) is 4.91. The van der Waals surface area contributed by atoms with Gasteiger partial charge in [0.25, 0.3) is 5.91 Å². The first kappa shape index (κ1) is 21.1. The van der Waals surface area contributed by atoms with E-state index in [0.29, 0.717) is 29.2 Å². The van der Waals surface area contributed by atoms with Crippen LogP contribution in [0.1, 0.15) is 30.1 Å². The Bertz CT molecular complexity index is 566. The Morgan fingerprint density at radius 2 is 2.21 bits per heavy atom. The molecule has 0 bridgehead atoms. The number of halogens is 2. The fourth-order valence-corrected chi connectivity index (χ4v) is 3.51. The Labute approximate surface area is 158 Å². The molecule has 2 amide bonds. The number of benzene rings is 1. The average molecular weight is 392 g/mol. The van der Waals surface area contributed by atoms with Crippen LogP contribution in [0.2, 0.25) is 5.02 Å². The molecule has 1 unspecified atom stereocenters. The van der Waals surface area contributed by atoms with E-state index in [4.69, 9.17) is 11.6 Å². The van der Waals surface area contributed by atoms with E-state index < -0.39 is 0 Å². The standard InChI is InChI=1S/C16H22ClN3O2S.ClH/c1-2-5-19-16(22)13-4-3-11(8-14(13)17)20-15(21)9-12-10-23-7-6-18-12;/h3-4,8,12,18H,2,5-7,9-10H2,1H3,(H,19,22)(H,20,21);1H. The Hall–Kier alpha value is -0.950. The van der Waals surface area contributed by atoms with Crippen LogP contribution in [-0.4, -0.2) is 42.5 Å². The number of carbonyl (C=O) groups is 2. The first-order chi connectivity index (χ1) is 11.1. The minimum Gasteiger partial charge on any atom is -0.352 e. The van der Waals surface area contributed by atoms with Crippen molar-refractivity contribution in [3.63, 3.8) is 0 Å². The summed E-state index contributed by atoms with van der Waals surface area (Å²) >= 11 is 8.01. The Kier molecular flexibility index (Phi) is 9.51. The molecule has 5 nitrogen and oxygen atoms in total. The van der Waals surface area contributed by atoms with Crippen molar-refractivity contribution in [1.82, 2.24) is 10.6 Å². The minimum absolute atomic E-state index is 0. The van der Waals surface area contributed by atoms with Crippen molar-refractivity contribution in [2.75, 3.05) is 29.9 Å². The third kappa shape index (κ3) is 6.51. The molecule has 0 aromatic heterocycles. The van der Waals surface area contributed by atoms with Gasteiger partial charge >= 0.3 is 0 Å². The van der Waals surface area contributed by atoms with Gasteiger partial charge in [-0.25, -0.2) is 0 Å². The van der Waals surface area contributed by atoms with Gasteiger partial charge in [-0.15, -0.1) is 12.4 Å². The first-order valence-electron chi connectivity index (χ1n) is 7.79. The molecule has 1 aromatic rings. The molecule has 134 valence electrons. The molecule has 1 atom stereocenters. The summed E-state index contributed by atoms with van der Waals surface area (Å²) < 4.78 is 0. The van der Waals surface area contributed by atoms with E-state index in [1.54, 1.807) is 18.2 Å². The number of carbonyl (C=O) groups excluding carboxylic acids is 2. The van der Waals surface area contributed by atoms with Gasteiger partial charge in [0, 0.05) is 42.7 Å². The first-order valence-corrected chi connectivity index (χ1v) is 9.32. The summed E-state index contributed by atoms with van der Waals surface area (Å²) in [6.45, 7) is 3.54. The van der Waals surface area contributed by atoms with Crippen LogP contribution in [0.15, 0.2) is 18.2 Å². The van der Waals surface area contributed by atoms with E-state index in [9.17, 15) is 9.59 Å². The monoisotopic (exact) mass is 391 g/mol. The Balaban J connectivity index is 0.00000288. The van der Waals surface area contributed by atoms with Gasteiger partial charge in [0.1, 0.15) is 0 Å². The SMILES string of the molecule is CCCNC(=O)c1ccc(NC(=O)CC2CSCCN2)cc1Cl.Cl. The van der Waals surface area contributed by atoms with Gasteiger partial charge in [-0.2, -0.15) is 11.8 Å². The van der Waals surface area contributed by atoms with Crippen LogP contribution in [0.25, 0.3) is 0 Å². The van der Waals surface area contributed by atoms with Gasteiger partial charge < -0.3 is 16.0 Å². The fourth-order valence-electron chi connectivity index (χ4n) is 2.30. The second-order valence-corrected chi connectivity index (χ2v) is 6.99. The summed E-state index contributed by atoms with van der Waals surface area (Å²) in [5, 5.41) is 9.28. The quantitative estimate of drug-likeness (QED) is 0.696. The van der Waals surface area contributed by atoms with E-state index >= 15 is 0 Å². The topological polar surface area (TPSA) is 70.2 Å². The molecular weight excluding hydrogens is 369 g/mol. The molecule has 0 radical (unpaired) electrons. The fraction of sp³-hybridized carbons (Fsp3) is 0.500. The van der Waals surface area contributed by atoms with Crippen molar-refractivity contribution in [2.24, 2.45) is 0 Å². The smallest absolute Gasteiger partial charge is 0.252 e. The van der Waals surface area contributed by atoms with Crippen LogP contribution in [-0.2, 0) is 4.79 Å². The predicted molar refractivity (Wildman–Crippen MR) is 104 cm³/mol. The van der Waals surface area contributed by atoms with Crippen LogP contribution in [0.5, 0.6) is 0 Å². The van der Waals surface area contributed by atoms with Crippen LogP contribution in [0.4, 0.5) is 5.69 Å². The number of anilines is 1. The molecule has 0 aliphatic carbocycles. The van der Waals surface area contributed by atoms with Crippen LogP contribution in [0, 0.1) is 0 Å². The van der Waals surface area contributed by atoms with Crippen molar-refractivity contribution in [1.29, 1.82) is 0 Å². The van der Waals surface area contributed by atoms with Crippen LogP contribution >= 0.6 is 35.8 Å². The maximum absolute atomic E-state index is 12.1. The molecule has 8 heteroatoms. The number of rotatable bonds is 6. The van der Waals surface area contributed by atoms with Crippen LogP contribution < -0.4 is 16.0 Å². The molecule has 1 saturated heterocycles. The van der Waals surface area contributed by atoms with Crippen molar-refractivity contribution in [3.05, 3.63) is 28.8 Å². The normalized spacial score (nSPS) is 16.8. The lowest BCUT2D eigenvalue weighted by atomic mass is 10.1. The number of amides is 2. The van der Waals surface area contributed by atoms with E-state index in [1.807, 2.05) is 18.7 Å². The molecule has 2 rings (SSSR count). The summed E-state index contributed by atoms with van der Waals surface area (Å²) in [7, 11) is 0. The summed E-state index contributed by atoms with van der Waals surface area (Å²) in [5.41, 5.74) is 1.03. The lowest BCUT2D eigenvalue weighted by molar-refractivity contribution is -0.116. The molecule has 0 spiro atoms. The summed E-state index contributed by atoms with van der Waals surface area (Å²) in [6.07, 6.45) is 1.30. The highest BCUT2D eigenvalue weighted by atomic mass is 35.5. The van der Waals surface area contributed by atoms with Gasteiger partial charge in [-0.05, 0) is 24.6 Å². The van der Waals surface area contributed by atoms with Gasteiger partial charge in [-0.1, -0.05) is 18.5 Å². The van der Waals surface area contributed by atoms with Gasteiger partial charge in [0.15, 0.2) is 0 Å². The molecule has 1 heterocycles. The summed E-state index contributed by atoms with van der Waals surface area (Å²) in [5.74, 6) is 1.79. The maximum Gasteiger partial charge on any atom is 0.252 e. The second-order valence-electron chi connectivity index (χ2n) is 5.43. The van der Waals surface area contributed by atoms with Crippen molar-refractivity contribution >= 4 is 53.3 Å². The summed E-state index contributed by atoms with van der Waals surface area (Å²) in [6, 6.07) is 5.16. The second kappa shape index (κ2) is 10.8. The van der Waals surface area contributed by atoms with Crippen molar-refractivity contribution < 1.29 is 9.59 Å². The summed E-state index contributed by atoms with van der Waals surface area (Å²) in [4.78, 5) is 24.0. The van der Waals surface area contributed by atoms with E-state index in [1.165, 1.54) is 0 Å². The zero-order chi connectivity index (χ0) is 16.7. The van der Waals surface area contributed by atoms with Crippen LogP contribution in [0.3, 0.4) is 0 Å². The average Bonchev–Trinajstić information content (AvgIpc) is 2.53. The van der Waals surface area contributed by atoms with E-state index in [-0.39, 0.29) is 30.3 Å². The highest BCUT2D eigenvalue weighted by Crippen LogP contribution is 2.21. The van der Waals surface area contributed by atoms with Gasteiger partial charge in [-0.3, -0.25) is 9.59 Å². The number of thioether (sulfide) groups is 1. The van der Waals surface area contributed by atoms with E-state index in [0.717, 1.165) is 24.5 Å². The predicted octanol–water partition coefficient (Wildman–Crippen LogP) is 2.94. The number of hydrogen-bond donors (Lipinski definition) is 3.